The fourth-order valence-electron chi connectivity index (χ4n) is 0.174. The van der Waals surface area contributed by atoms with Crippen LogP contribution in [0.4, 0.5) is 0 Å². The highest BCUT2D eigenvalue weighted by molar-refractivity contribution is 5.73. The minimum Gasteiger partial charge on any atom is -0.480 e. The summed E-state index contributed by atoms with van der Waals surface area (Å²) in [4.78, 5) is 10.9. The highest BCUT2D eigenvalue weighted by Crippen LogP contribution is 2.04. The van der Waals surface area contributed by atoms with Crippen LogP contribution >= 0.6 is 0 Å². The van der Waals surface area contributed by atoms with Crippen molar-refractivity contribution in [1.29, 1.82) is 0 Å². The van der Waals surface area contributed by atoms with Gasteiger partial charge in [0.1, 0.15) is 6.02 Å². The first-order valence-corrected chi connectivity index (χ1v) is 1.97. The average molecular weight is 146 g/mol. The molecule has 54 valence electrons. The van der Waals surface area contributed by atoms with Crippen LogP contribution in [0.3, 0.4) is 0 Å². The number of aliphatic carboxylic acids is 1. The molecule has 0 radical (unpaired) electrons. The van der Waals surface area contributed by atoms with E-state index < -0.39 is 38.0 Å². The Hall–Kier alpha value is -0.570. The SMILES string of the molecule is [2H][13C]([2H])([2H])[13C]([2H])([2H])[13C@]([2H])([13C]([2H])([2H])[2H])[13C@]([2H])([13NH2])[13C](=O)O. The predicted octanol–water partition coefficient (Wildman–Crippen LogP) is 0.444. The van der Waals surface area contributed by atoms with Crippen LogP contribution in [-0.2, 0) is 4.79 Å². The maximum absolute atomic E-state index is 10.9. The Morgan fingerprint density at radius 2 is 2.89 bits per heavy atom. The molecule has 0 aliphatic rings. The maximum atomic E-state index is 10.9. The summed E-state index contributed by atoms with van der Waals surface area (Å²) in [5, 5.41) is 8.74. The number of rotatable bonds is 3. The highest BCUT2D eigenvalue weighted by atomic mass is 16.5. The van der Waals surface area contributed by atoms with E-state index in [2.05, 4.69) is 0 Å². The van der Waals surface area contributed by atoms with E-state index in [4.69, 9.17) is 24.5 Å². The van der Waals surface area contributed by atoms with Crippen molar-refractivity contribution >= 4 is 5.97 Å². The highest BCUT2D eigenvalue weighted by Gasteiger charge is 2.17. The zero-order valence-corrected chi connectivity index (χ0v) is 4.43. The summed E-state index contributed by atoms with van der Waals surface area (Å²) >= 11 is 0. The molecule has 0 unspecified atom stereocenters. The molecular weight excluding hydrogens is 123 g/mol. The van der Waals surface area contributed by atoms with Crippen molar-refractivity contribution in [3.8, 4) is 0 Å². The molecule has 9 heavy (non-hydrogen) atoms. The molecule has 2 atom stereocenters. The van der Waals surface area contributed by atoms with Crippen LogP contribution in [0, 0.1) is 5.89 Å². The van der Waals surface area contributed by atoms with Gasteiger partial charge in [-0.2, -0.15) is 0 Å². The molecule has 0 aliphatic heterocycles. The van der Waals surface area contributed by atoms with Crippen molar-refractivity contribution in [3.05, 3.63) is 0 Å². The predicted molar refractivity (Wildman–Crippen MR) is 35.1 cm³/mol. The fourth-order valence-corrected chi connectivity index (χ4v) is 0.174. The summed E-state index contributed by atoms with van der Waals surface area (Å²) in [5.41, 5.74) is 4.94. The fraction of sp³-hybridized carbons (Fsp3) is 0.833. The van der Waals surface area contributed by atoms with Crippen molar-refractivity contribution in [1.82, 2.24) is 0 Å². The summed E-state index contributed by atoms with van der Waals surface area (Å²) in [6.07, 6.45) is -3.85. The van der Waals surface area contributed by atoms with Crippen LogP contribution in [0.15, 0.2) is 0 Å². The minimum atomic E-state index is -3.90. The van der Waals surface area contributed by atoms with Crippen LogP contribution in [-0.4, -0.2) is 17.1 Å². The quantitative estimate of drug-likeness (QED) is 0.568. The van der Waals surface area contributed by atoms with E-state index in [-0.39, 0.29) is 0 Å². The van der Waals surface area contributed by atoms with E-state index in [9.17, 15) is 4.79 Å². The molecule has 0 fully saturated rings. The molecule has 0 aliphatic carbocycles. The first kappa shape index (κ1) is 1.53. The number of nitrogens with two attached hydrogens (primary N) is 1. The third kappa shape index (κ3) is 2.46. The van der Waals surface area contributed by atoms with E-state index in [0.717, 1.165) is 0 Å². The molecule has 3 nitrogen and oxygen atoms in total. The molecule has 0 bridgehead atoms. The van der Waals surface area contributed by atoms with Gasteiger partial charge in [-0.3, -0.25) is 4.79 Å². The van der Waals surface area contributed by atoms with E-state index in [1.165, 1.54) is 0 Å². The second-order valence-corrected chi connectivity index (χ2v) is 1.22. The second-order valence-electron chi connectivity index (χ2n) is 1.22. The Balaban J connectivity index is 6.38. The van der Waals surface area contributed by atoms with Gasteiger partial charge in [-0.25, -0.2) is 0 Å². The zero-order chi connectivity index (χ0) is 16.1. The van der Waals surface area contributed by atoms with Gasteiger partial charge in [0.2, 0.25) is 0 Å². The van der Waals surface area contributed by atoms with Crippen molar-refractivity contribution in [3.63, 3.8) is 0 Å². The molecule has 0 aromatic rings. The lowest BCUT2D eigenvalue weighted by atomic mass is 10.9. The van der Waals surface area contributed by atoms with E-state index in [1.807, 2.05) is 0 Å². The first-order valence-electron chi connectivity index (χ1n) is 6.97. The number of hydrogen-bond donors (Lipinski definition) is 2. The Morgan fingerprint density at radius 3 is 3.22 bits per heavy atom. The zero-order valence-electron chi connectivity index (χ0n) is 14.4. The van der Waals surface area contributed by atoms with E-state index >= 15 is 0 Å². The topological polar surface area (TPSA) is 63.3 Å². The monoisotopic (exact) mass is 146 g/mol. The molecule has 0 saturated heterocycles. The molecule has 0 rings (SSSR count). The lowest BCUT2D eigenvalue weighted by molar-refractivity contribution is -0.139. The van der Waals surface area contributed by atoms with Gasteiger partial charge in [-0.1, -0.05) is 20.1 Å². The molecule has 0 amide bonds. The van der Waals surface area contributed by atoms with Crippen molar-refractivity contribution in [2.75, 3.05) is 0 Å². The molecule has 3 heteroatoms. The largest absolute Gasteiger partial charge is 0.480 e. The van der Waals surface area contributed by atoms with Crippen LogP contribution in [0.5, 0.6) is 0 Å². The maximum Gasteiger partial charge on any atom is 0.320 e. The normalized spacial score (nSPS) is 44.6. The number of hydrogen-bond acceptors (Lipinski definition) is 2. The molecule has 0 saturated carbocycles. The average Bonchev–Trinajstić information content (AvgIpc) is 2.11. The van der Waals surface area contributed by atoms with Crippen molar-refractivity contribution in [2.24, 2.45) is 11.6 Å². The third-order valence-electron chi connectivity index (χ3n) is 0.625. The Kier molecular flexibility index (Phi) is 0.588. The van der Waals surface area contributed by atoms with Gasteiger partial charge in [-0.15, -0.1) is 0 Å². The Bertz CT molecular complexity index is 371. The van der Waals surface area contributed by atoms with Crippen LogP contribution in [0.1, 0.15) is 33.8 Å². The Labute approximate surface area is 68.9 Å². The van der Waals surface area contributed by atoms with Crippen LogP contribution in [0.25, 0.3) is 0 Å². The third-order valence-corrected chi connectivity index (χ3v) is 0.625. The van der Waals surface area contributed by atoms with Crippen molar-refractivity contribution in [2.45, 2.75) is 26.1 Å². The van der Waals surface area contributed by atoms with Gasteiger partial charge in [0, 0.05) is 12.3 Å². The van der Waals surface area contributed by atoms with Gasteiger partial charge < -0.3 is 10.8 Å². The summed E-state index contributed by atoms with van der Waals surface area (Å²) in [7, 11) is 0. The molecule has 0 spiro atoms. The van der Waals surface area contributed by atoms with Gasteiger partial charge in [0.25, 0.3) is 0 Å². The lowest BCUT2D eigenvalue weighted by Gasteiger charge is -2.11. The summed E-state index contributed by atoms with van der Waals surface area (Å²) in [6, 6.07) is -3.68. The van der Waals surface area contributed by atoms with Crippen LogP contribution < -0.4 is 5.73 Å². The van der Waals surface area contributed by atoms with Gasteiger partial charge in [0.05, 0.1) is 1.37 Å². The van der Waals surface area contributed by atoms with Gasteiger partial charge in [-0.05, 0) is 5.89 Å². The molecular formula is C6H13NO2. The summed E-state index contributed by atoms with van der Waals surface area (Å²) in [5.74, 6) is -6.21. The standard InChI is InChI=1S/C6H13NO2/c1-3-4(2)5(7)6(8)9/h4-5H,3,7H2,1-2H3,(H,8,9)/t4-,5-/m0/s1/i1+1D3,2+1D3,3+1D2,4+1D,5+1D,6+1,7-1. The lowest BCUT2D eigenvalue weighted by Crippen LogP contribution is -2.36. The second kappa shape index (κ2) is 3.45. The van der Waals surface area contributed by atoms with Gasteiger partial charge >= 0.3 is 5.97 Å². The number of carboxylic acid groups (broad SMARTS) is 1. The summed E-state index contributed by atoms with van der Waals surface area (Å²) in [6.45, 7) is -7.40. The van der Waals surface area contributed by atoms with E-state index in [1.54, 1.807) is 0 Å². The smallest absolute Gasteiger partial charge is 0.320 e. The van der Waals surface area contributed by atoms with Gasteiger partial charge in [0.15, 0.2) is 0 Å². The van der Waals surface area contributed by atoms with Crippen LogP contribution in [0.2, 0.25) is 0 Å². The number of carboxylic acids is 1. The molecule has 0 aromatic heterocycles. The van der Waals surface area contributed by atoms with E-state index in [0.29, 0.717) is 0 Å². The summed E-state index contributed by atoms with van der Waals surface area (Å²) < 4.78 is 71.5. The Morgan fingerprint density at radius 1 is 2.22 bits per heavy atom. The molecule has 0 heterocycles. The van der Waals surface area contributed by atoms with Crippen molar-refractivity contribution < 1.29 is 23.6 Å². The molecule has 0 aromatic carbocycles. The first-order chi connectivity index (χ1) is 7.94. The minimum absolute atomic E-state index is 2.31. The number of carbonyl (C=O) groups is 1. The molecule has 3 N–H and O–H groups in total.